The summed E-state index contributed by atoms with van der Waals surface area (Å²) in [5, 5.41) is 3.06. The standard InChI is InChI=1S/C7H15N.C2H6/c1-4-5-6-7(2)8-3;1-2/h6,8H,4-5H2,1-3H3;1-2H3/b7-6-;. The Hall–Kier alpha value is -0.460. The third-order valence-electron chi connectivity index (χ3n) is 1.13. The van der Waals surface area contributed by atoms with Gasteiger partial charge in [-0.05, 0) is 13.3 Å². The monoisotopic (exact) mass is 143 g/mol. The predicted molar refractivity (Wildman–Crippen MR) is 49.1 cm³/mol. The van der Waals surface area contributed by atoms with Gasteiger partial charge in [-0.3, -0.25) is 0 Å². The van der Waals surface area contributed by atoms with E-state index in [-0.39, 0.29) is 0 Å². The first-order valence-electron chi connectivity index (χ1n) is 4.15. The highest BCUT2D eigenvalue weighted by atomic mass is 14.8. The molecule has 0 amide bonds. The molecule has 0 fully saturated rings. The van der Waals surface area contributed by atoms with Crippen LogP contribution in [-0.4, -0.2) is 7.05 Å². The van der Waals surface area contributed by atoms with Crippen molar-refractivity contribution >= 4 is 0 Å². The first-order chi connectivity index (χ1) is 4.81. The molecule has 0 aliphatic rings. The highest BCUT2D eigenvalue weighted by Crippen LogP contribution is 1.92. The van der Waals surface area contributed by atoms with Crippen molar-refractivity contribution in [3.05, 3.63) is 11.8 Å². The molecule has 0 aromatic heterocycles. The molecular formula is C9H21N. The molecule has 62 valence electrons. The van der Waals surface area contributed by atoms with Crippen LogP contribution in [0.15, 0.2) is 11.8 Å². The lowest BCUT2D eigenvalue weighted by molar-refractivity contribution is 0.908. The highest BCUT2D eigenvalue weighted by molar-refractivity contribution is 4.93. The van der Waals surface area contributed by atoms with E-state index in [9.17, 15) is 0 Å². The fraction of sp³-hybridized carbons (Fsp3) is 0.778. The maximum Gasteiger partial charge on any atom is 0.00319 e. The maximum atomic E-state index is 3.06. The molecule has 0 radical (unpaired) electrons. The Labute approximate surface area is 65.5 Å². The van der Waals surface area contributed by atoms with E-state index in [0.29, 0.717) is 0 Å². The van der Waals surface area contributed by atoms with Gasteiger partial charge in [0.2, 0.25) is 0 Å². The van der Waals surface area contributed by atoms with Crippen molar-refractivity contribution in [2.75, 3.05) is 7.05 Å². The molecule has 0 aliphatic heterocycles. The van der Waals surface area contributed by atoms with Crippen molar-refractivity contribution in [1.29, 1.82) is 0 Å². The molecule has 1 heteroatoms. The molecule has 0 heterocycles. The lowest BCUT2D eigenvalue weighted by atomic mass is 10.3. The van der Waals surface area contributed by atoms with E-state index in [1.54, 1.807) is 0 Å². The van der Waals surface area contributed by atoms with Crippen molar-refractivity contribution in [2.24, 2.45) is 0 Å². The van der Waals surface area contributed by atoms with Gasteiger partial charge in [0.25, 0.3) is 0 Å². The van der Waals surface area contributed by atoms with Gasteiger partial charge in [-0.15, -0.1) is 0 Å². The Bertz CT molecular complexity index is 74.8. The van der Waals surface area contributed by atoms with Crippen molar-refractivity contribution in [3.8, 4) is 0 Å². The van der Waals surface area contributed by atoms with E-state index in [1.807, 2.05) is 20.9 Å². The molecule has 0 spiro atoms. The summed E-state index contributed by atoms with van der Waals surface area (Å²) in [5.74, 6) is 0. The van der Waals surface area contributed by atoms with Crippen LogP contribution in [0.25, 0.3) is 0 Å². The number of nitrogens with one attached hydrogen (secondary N) is 1. The molecule has 0 saturated carbocycles. The zero-order valence-electron chi connectivity index (χ0n) is 7.99. The average Bonchev–Trinajstić information content (AvgIpc) is 2.04. The average molecular weight is 143 g/mol. The number of rotatable bonds is 3. The van der Waals surface area contributed by atoms with Gasteiger partial charge in [-0.25, -0.2) is 0 Å². The van der Waals surface area contributed by atoms with Crippen LogP contribution in [0.5, 0.6) is 0 Å². The van der Waals surface area contributed by atoms with Crippen molar-refractivity contribution in [2.45, 2.75) is 40.5 Å². The van der Waals surface area contributed by atoms with E-state index < -0.39 is 0 Å². The van der Waals surface area contributed by atoms with Gasteiger partial charge >= 0.3 is 0 Å². The van der Waals surface area contributed by atoms with E-state index in [2.05, 4.69) is 25.2 Å². The van der Waals surface area contributed by atoms with Crippen LogP contribution in [0.3, 0.4) is 0 Å². The minimum atomic E-state index is 1.19. The first kappa shape index (κ1) is 12.2. The normalized spacial score (nSPS) is 9.90. The number of unbranched alkanes of at least 4 members (excludes halogenated alkanes) is 1. The van der Waals surface area contributed by atoms with Crippen molar-refractivity contribution < 1.29 is 0 Å². The molecule has 0 aliphatic carbocycles. The molecular weight excluding hydrogens is 122 g/mol. The second-order valence-electron chi connectivity index (χ2n) is 1.93. The summed E-state index contributed by atoms with van der Waals surface area (Å²) in [4.78, 5) is 0. The van der Waals surface area contributed by atoms with Gasteiger partial charge in [-0.2, -0.15) is 0 Å². The first-order valence-corrected chi connectivity index (χ1v) is 4.15. The van der Waals surface area contributed by atoms with Crippen LogP contribution in [0.4, 0.5) is 0 Å². The fourth-order valence-corrected chi connectivity index (χ4v) is 0.463. The summed E-state index contributed by atoms with van der Waals surface area (Å²) in [6, 6.07) is 0. The Balaban J connectivity index is 0. The lowest BCUT2D eigenvalue weighted by Crippen LogP contribution is -2.00. The molecule has 0 rings (SSSR count). The topological polar surface area (TPSA) is 12.0 Å². The predicted octanol–water partition coefficient (Wildman–Crippen LogP) is 2.94. The van der Waals surface area contributed by atoms with Gasteiger partial charge in [0.1, 0.15) is 0 Å². The molecule has 1 N–H and O–H groups in total. The summed E-state index contributed by atoms with van der Waals surface area (Å²) < 4.78 is 0. The Morgan fingerprint density at radius 3 is 2.20 bits per heavy atom. The zero-order valence-corrected chi connectivity index (χ0v) is 7.99. The summed E-state index contributed by atoms with van der Waals surface area (Å²) in [6.45, 7) is 8.26. The second kappa shape index (κ2) is 11.4. The minimum absolute atomic E-state index is 1.19. The number of hydrogen-bond donors (Lipinski definition) is 1. The Kier molecular flexibility index (Phi) is 13.9. The van der Waals surface area contributed by atoms with Gasteiger partial charge in [-0.1, -0.05) is 33.3 Å². The van der Waals surface area contributed by atoms with E-state index >= 15 is 0 Å². The summed E-state index contributed by atoms with van der Waals surface area (Å²) in [6.07, 6.45) is 4.63. The number of allylic oxidation sites excluding steroid dienone is 2. The SMILES string of the molecule is CC.CCC/C=C(/C)NC. The highest BCUT2D eigenvalue weighted by Gasteiger charge is 1.77. The van der Waals surface area contributed by atoms with Crippen LogP contribution in [0.1, 0.15) is 40.5 Å². The van der Waals surface area contributed by atoms with Gasteiger partial charge in [0.15, 0.2) is 0 Å². The summed E-state index contributed by atoms with van der Waals surface area (Å²) in [5.41, 5.74) is 1.27. The fourth-order valence-electron chi connectivity index (χ4n) is 0.463. The lowest BCUT2D eigenvalue weighted by Gasteiger charge is -1.95. The largest absolute Gasteiger partial charge is 0.392 e. The van der Waals surface area contributed by atoms with Gasteiger partial charge < -0.3 is 5.32 Å². The third kappa shape index (κ3) is 10.5. The van der Waals surface area contributed by atoms with Gasteiger partial charge in [0, 0.05) is 12.7 Å². The molecule has 10 heavy (non-hydrogen) atoms. The Morgan fingerprint density at radius 1 is 1.40 bits per heavy atom. The van der Waals surface area contributed by atoms with Crippen LogP contribution in [0, 0.1) is 0 Å². The van der Waals surface area contributed by atoms with Crippen LogP contribution < -0.4 is 5.32 Å². The summed E-state index contributed by atoms with van der Waals surface area (Å²) >= 11 is 0. The third-order valence-corrected chi connectivity index (χ3v) is 1.13. The Morgan fingerprint density at radius 2 is 1.90 bits per heavy atom. The van der Waals surface area contributed by atoms with Crippen LogP contribution in [0.2, 0.25) is 0 Å². The summed E-state index contributed by atoms with van der Waals surface area (Å²) in [7, 11) is 1.95. The number of hydrogen-bond acceptors (Lipinski definition) is 1. The minimum Gasteiger partial charge on any atom is -0.392 e. The maximum absolute atomic E-state index is 3.06. The van der Waals surface area contributed by atoms with E-state index in [4.69, 9.17) is 0 Å². The second-order valence-corrected chi connectivity index (χ2v) is 1.93. The molecule has 0 aromatic carbocycles. The van der Waals surface area contributed by atoms with Crippen LogP contribution in [-0.2, 0) is 0 Å². The van der Waals surface area contributed by atoms with Crippen LogP contribution >= 0.6 is 0 Å². The van der Waals surface area contributed by atoms with Gasteiger partial charge in [0.05, 0.1) is 0 Å². The smallest absolute Gasteiger partial charge is 0.00319 e. The van der Waals surface area contributed by atoms with E-state index in [1.165, 1.54) is 18.5 Å². The molecule has 0 atom stereocenters. The molecule has 0 bridgehead atoms. The zero-order chi connectivity index (χ0) is 8.41. The van der Waals surface area contributed by atoms with Crippen molar-refractivity contribution in [1.82, 2.24) is 5.32 Å². The van der Waals surface area contributed by atoms with E-state index in [0.717, 1.165) is 0 Å². The quantitative estimate of drug-likeness (QED) is 0.640. The molecule has 1 nitrogen and oxygen atoms in total. The molecule has 0 aromatic rings. The van der Waals surface area contributed by atoms with Crippen molar-refractivity contribution in [3.63, 3.8) is 0 Å². The molecule has 0 saturated heterocycles. The molecule has 0 unspecified atom stereocenters.